The molecule has 0 aliphatic heterocycles. The van der Waals surface area contributed by atoms with Crippen LogP contribution in [0.5, 0.6) is 0 Å². The molecule has 0 N–H and O–H groups in total. The number of unbranched alkanes of at least 4 members (excludes halogenated alkanes) is 24. The summed E-state index contributed by atoms with van der Waals surface area (Å²) in [5.74, 6) is -0.924. The van der Waals surface area contributed by atoms with Crippen LogP contribution in [0.15, 0.2) is 97.2 Å². The highest BCUT2D eigenvalue weighted by atomic mass is 16.6. The second-order valence-electron chi connectivity index (χ2n) is 18.1. The normalized spacial score (nSPS) is 12.8. The standard InChI is InChI=1S/C61H102O6/c1-4-7-10-13-16-19-22-25-27-29-30-32-33-36-39-42-45-48-51-54-60(63)66-57-58(56-65-59(62)53-50-47-44-41-38-35-24-21-18-15-12-9-6-3)67-61(64)55-52-49-46-43-40-37-34-31-28-26-23-20-17-14-11-8-5-2/h7,9-10,12,15-21,24-28,58H,4-6,8,11,13-14,22-23,29-57H2,1-3H3/b10-7-,12-9-,18-15-,19-16-,20-17-,24-21-,27-25-,28-26-. The van der Waals surface area contributed by atoms with Crippen LogP contribution in [0.4, 0.5) is 0 Å². The summed E-state index contributed by atoms with van der Waals surface area (Å²) >= 11 is 0. The Labute approximate surface area is 413 Å². The zero-order valence-electron chi connectivity index (χ0n) is 43.6. The molecule has 6 heteroatoms. The number of rotatable bonds is 49. The van der Waals surface area contributed by atoms with Crippen molar-refractivity contribution in [3.8, 4) is 0 Å². The number of hydrogen-bond acceptors (Lipinski definition) is 6. The van der Waals surface area contributed by atoms with Gasteiger partial charge in [0.15, 0.2) is 6.10 Å². The maximum Gasteiger partial charge on any atom is 0.306 e. The predicted octanol–water partition coefficient (Wildman–Crippen LogP) is 18.5. The van der Waals surface area contributed by atoms with Crippen molar-refractivity contribution in [2.45, 2.75) is 258 Å². The van der Waals surface area contributed by atoms with Crippen molar-refractivity contribution < 1.29 is 28.6 Å². The van der Waals surface area contributed by atoms with E-state index in [0.717, 1.165) is 116 Å². The minimum Gasteiger partial charge on any atom is -0.462 e. The topological polar surface area (TPSA) is 78.9 Å². The first kappa shape index (κ1) is 63.3. The molecule has 0 fully saturated rings. The van der Waals surface area contributed by atoms with Gasteiger partial charge in [-0.05, 0) is 103 Å². The summed E-state index contributed by atoms with van der Waals surface area (Å²) < 4.78 is 16.8. The van der Waals surface area contributed by atoms with E-state index in [1.165, 1.54) is 96.3 Å². The number of carbonyl (C=O) groups excluding carboxylic acids is 3. The summed E-state index contributed by atoms with van der Waals surface area (Å²) in [6, 6.07) is 0. The molecule has 382 valence electrons. The summed E-state index contributed by atoms with van der Waals surface area (Å²) in [6.07, 6.45) is 72.5. The predicted molar refractivity (Wildman–Crippen MR) is 288 cm³/mol. The molecule has 0 aliphatic rings. The second-order valence-corrected chi connectivity index (χ2v) is 18.1. The molecule has 0 rings (SSSR count). The van der Waals surface area contributed by atoms with E-state index in [4.69, 9.17) is 14.2 Å². The molecule has 0 amide bonds. The summed E-state index contributed by atoms with van der Waals surface area (Å²) in [5.41, 5.74) is 0. The Balaban J connectivity index is 4.41. The Morgan fingerprint density at radius 1 is 0.328 bits per heavy atom. The second kappa shape index (κ2) is 54.9. The molecule has 1 unspecified atom stereocenters. The molecule has 0 spiro atoms. The first-order valence-electron chi connectivity index (χ1n) is 27.8. The highest BCUT2D eigenvalue weighted by Gasteiger charge is 2.19. The maximum absolute atomic E-state index is 12.8. The van der Waals surface area contributed by atoms with Crippen LogP contribution in [-0.4, -0.2) is 37.2 Å². The average Bonchev–Trinajstić information content (AvgIpc) is 3.33. The van der Waals surface area contributed by atoms with Gasteiger partial charge in [0.1, 0.15) is 13.2 Å². The molecule has 6 nitrogen and oxygen atoms in total. The molecule has 0 radical (unpaired) electrons. The van der Waals surface area contributed by atoms with Gasteiger partial charge in [-0.15, -0.1) is 0 Å². The number of hydrogen-bond donors (Lipinski definition) is 0. The zero-order chi connectivity index (χ0) is 48.6. The van der Waals surface area contributed by atoms with Gasteiger partial charge in [0.05, 0.1) is 0 Å². The smallest absolute Gasteiger partial charge is 0.306 e. The van der Waals surface area contributed by atoms with E-state index in [1.54, 1.807) is 0 Å². The van der Waals surface area contributed by atoms with Crippen LogP contribution in [0.1, 0.15) is 252 Å². The maximum atomic E-state index is 12.8. The minimum absolute atomic E-state index is 0.0910. The van der Waals surface area contributed by atoms with Crippen molar-refractivity contribution in [3.63, 3.8) is 0 Å². The zero-order valence-corrected chi connectivity index (χ0v) is 43.6. The molecule has 0 saturated carbocycles. The first-order chi connectivity index (χ1) is 33.0. The largest absolute Gasteiger partial charge is 0.462 e. The number of carbonyl (C=O) groups is 3. The van der Waals surface area contributed by atoms with Crippen molar-refractivity contribution in [3.05, 3.63) is 97.2 Å². The van der Waals surface area contributed by atoms with E-state index in [2.05, 4.69) is 118 Å². The van der Waals surface area contributed by atoms with Gasteiger partial charge in [-0.2, -0.15) is 0 Å². The molecule has 0 aliphatic carbocycles. The Morgan fingerprint density at radius 3 is 1.07 bits per heavy atom. The van der Waals surface area contributed by atoms with Gasteiger partial charge in [-0.25, -0.2) is 0 Å². The SMILES string of the molecule is CC\C=C/C=C\C=C/CCCCCCCC(=O)OCC(COC(=O)CCCCCCCCCCC/C=C\C/C=C\C/C=C\CC)OC(=O)CCCCCCCCC/C=C\C/C=C\CCCCC. The van der Waals surface area contributed by atoms with E-state index in [9.17, 15) is 14.4 Å². The third-order valence-electron chi connectivity index (χ3n) is 11.6. The van der Waals surface area contributed by atoms with Crippen LogP contribution < -0.4 is 0 Å². The van der Waals surface area contributed by atoms with Crippen molar-refractivity contribution in [2.24, 2.45) is 0 Å². The molecule has 0 bridgehead atoms. The van der Waals surface area contributed by atoms with E-state index < -0.39 is 6.10 Å². The van der Waals surface area contributed by atoms with Crippen LogP contribution in [0, 0.1) is 0 Å². The van der Waals surface area contributed by atoms with Crippen LogP contribution in [0.2, 0.25) is 0 Å². The van der Waals surface area contributed by atoms with E-state index in [1.807, 2.05) is 0 Å². The van der Waals surface area contributed by atoms with E-state index in [-0.39, 0.29) is 31.1 Å². The number of esters is 3. The lowest BCUT2D eigenvalue weighted by molar-refractivity contribution is -0.167. The third-order valence-corrected chi connectivity index (χ3v) is 11.6. The fraction of sp³-hybridized carbons (Fsp3) is 0.689. The number of ether oxygens (including phenoxy) is 3. The molecular formula is C61H102O6. The summed E-state index contributed by atoms with van der Waals surface area (Å²) in [6.45, 7) is 6.35. The van der Waals surface area contributed by atoms with Gasteiger partial charge in [-0.3, -0.25) is 14.4 Å². The fourth-order valence-corrected chi connectivity index (χ4v) is 7.49. The van der Waals surface area contributed by atoms with Gasteiger partial charge >= 0.3 is 17.9 Å². The summed E-state index contributed by atoms with van der Waals surface area (Å²) in [5, 5.41) is 0. The van der Waals surface area contributed by atoms with Gasteiger partial charge in [0.25, 0.3) is 0 Å². The van der Waals surface area contributed by atoms with Gasteiger partial charge < -0.3 is 14.2 Å². The fourth-order valence-electron chi connectivity index (χ4n) is 7.49. The Bertz CT molecular complexity index is 1350. The van der Waals surface area contributed by atoms with Crippen LogP contribution >= 0.6 is 0 Å². The Morgan fingerprint density at radius 2 is 0.657 bits per heavy atom. The van der Waals surface area contributed by atoms with Crippen molar-refractivity contribution in [1.82, 2.24) is 0 Å². The molecule has 0 aromatic carbocycles. The van der Waals surface area contributed by atoms with E-state index >= 15 is 0 Å². The third kappa shape index (κ3) is 53.2. The molecular weight excluding hydrogens is 829 g/mol. The Kier molecular flexibility index (Phi) is 51.9. The lowest BCUT2D eigenvalue weighted by Crippen LogP contribution is -2.30. The molecule has 67 heavy (non-hydrogen) atoms. The Hall–Kier alpha value is -3.67. The molecule has 1 atom stereocenters. The quantitative estimate of drug-likeness (QED) is 0.0199. The minimum atomic E-state index is -0.794. The van der Waals surface area contributed by atoms with Gasteiger partial charge in [0.2, 0.25) is 0 Å². The molecule has 0 heterocycles. The van der Waals surface area contributed by atoms with Crippen LogP contribution in [0.25, 0.3) is 0 Å². The van der Waals surface area contributed by atoms with Crippen LogP contribution in [-0.2, 0) is 28.6 Å². The van der Waals surface area contributed by atoms with Gasteiger partial charge in [-0.1, -0.05) is 227 Å². The summed E-state index contributed by atoms with van der Waals surface area (Å²) in [4.78, 5) is 38.1. The van der Waals surface area contributed by atoms with Crippen molar-refractivity contribution in [1.29, 1.82) is 0 Å². The van der Waals surface area contributed by atoms with E-state index in [0.29, 0.717) is 19.3 Å². The monoisotopic (exact) mass is 931 g/mol. The van der Waals surface area contributed by atoms with Gasteiger partial charge in [0, 0.05) is 19.3 Å². The first-order valence-corrected chi connectivity index (χ1v) is 27.8. The van der Waals surface area contributed by atoms with Crippen LogP contribution in [0.3, 0.4) is 0 Å². The lowest BCUT2D eigenvalue weighted by atomic mass is 10.1. The highest BCUT2D eigenvalue weighted by molar-refractivity contribution is 5.71. The van der Waals surface area contributed by atoms with Crippen molar-refractivity contribution >= 4 is 17.9 Å². The molecule has 0 saturated heterocycles. The molecule has 0 aromatic rings. The lowest BCUT2D eigenvalue weighted by Gasteiger charge is -2.18. The highest BCUT2D eigenvalue weighted by Crippen LogP contribution is 2.15. The number of allylic oxidation sites excluding steroid dienone is 16. The molecule has 0 aromatic heterocycles. The average molecular weight is 931 g/mol. The van der Waals surface area contributed by atoms with Crippen molar-refractivity contribution in [2.75, 3.05) is 13.2 Å². The summed E-state index contributed by atoms with van der Waals surface area (Å²) in [7, 11) is 0.